The van der Waals surface area contributed by atoms with Crippen LogP contribution in [0.3, 0.4) is 0 Å². The molecule has 3 aliphatic rings. The Labute approximate surface area is 228 Å². The number of thioether (sulfide) groups is 1. The Bertz CT molecular complexity index is 1080. The third-order valence-corrected chi connectivity index (χ3v) is 10.5. The Morgan fingerprint density at radius 3 is 2.57 bits per heavy atom. The molecular formula is C28H36ClN3O4S. The first kappa shape index (κ1) is 27.7. The lowest BCUT2D eigenvalue weighted by Crippen LogP contribution is -2.57. The molecule has 3 aliphatic heterocycles. The van der Waals surface area contributed by atoms with Crippen molar-refractivity contribution in [2.24, 2.45) is 17.8 Å². The number of aliphatic hydroxyl groups excluding tert-OH is 1. The van der Waals surface area contributed by atoms with Crippen LogP contribution in [0.25, 0.3) is 0 Å². The molecule has 1 N–H and O–H groups in total. The zero-order valence-electron chi connectivity index (χ0n) is 21.5. The summed E-state index contributed by atoms with van der Waals surface area (Å²) < 4.78 is -0.714. The summed E-state index contributed by atoms with van der Waals surface area (Å²) in [7, 11) is 1.74. The summed E-state index contributed by atoms with van der Waals surface area (Å²) in [6.45, 7) is 10.7. The Morgan fingerprint density at radius 2 is 1.92 bits per heavy atom. The minimum Gasteiger partial charge on any atom is -0.396 e. The van der Waals surface area contributed by atoms with Gasteiger partial charge in [0.25, 0.3) is 5.91 Å². The molecule has 3 saturated heterocycles. The summed E-state index contributed by atoms with van der Waals surface area (Å²) in [4.78, 5) is 47.2. The highest BCUT2D eigenvalue weighted by molar-refractivity contribution is 8.02. The first-order valence-corrected chi connectivity index (χ1v) is 14.1. The normalized spacial score (nSPS) is 29.8. The van der Waals surface area contributed by atoms with Crippen molar-refractivity contribution >= 4 is 46.8 Å². The molecule has 3 unspecified atom stereocenters. The van der Waals surface area contributed by atoms with E-state index in [0.717, 1.165) is 6.42 Å². The number of carbonyl (C=O) groups is 3. The number of aliphatic hydroxyl groups is 1. The van der Waals surface area contributed by atoms with Crippen molar-refractivity contribution in [3.05, 3.63) is 54.6 Å². The number of unbranched alkanes of at least 4 members (excludes halogenated alkanes) is 1. The van der Waals surface area contributed by atoms with Gasteiger partial charge in [-0.15, -0.1) is 24.9 Å². The maximum absolute atomic E-state index is 14.5. The van der Waals surface area contributed by atoms with Crippen LogP contribution in [0.2, 0.25) is 5.02 Å². The Balaban J connectivity index is 1.80. The molecule has 3 fully saturated rings. The van der Waals surface area contributed by atoms with Crippen molar-refractivity contribution in [1.82, 2.24) is 9.80 Å². The van der Waals surface area contributed by atoms with E-state index < -0.39 is 22.6 Å². The van der Waals surface area contributed by atoms with Crippen LogP contribution in [-0.2, 0) is 14.4 Å². The second-order valence-corrected chi connectivity index (χ2v) is 12.2. The summed E-state index contributed by atoms with van der Waals surface area (Å²) >= 11 is 8.18. The standard InChI is InChI=1S/C28H36ClN3O4S/c1-5-13-30(4)25(34)22-21-17-18(3)28(37-21)23(22)26(35)32(15-9-10-16-33)24(28)27(36)31(14-6-2)20-12-8-7-11-19(20)29/h5-8,11-12,18,21-24,33H,1-2,9-10,13-17H2,3-4H3/t18?,21-,22+,23-,24?,28?/m0/s1. The van der Waals surface area contributed by atoms with Crippen molar-refractivity contribution < 1.29 is 19.5 Å². The van der Waals surface area contributed by atoms with Crippen LogP contribution in [0.1, 0.15) is 26.2 Å². The van der Waals surface area contributed by atoms with Crippen LogP contribution in [0.4, 0.5) is 5.69 Å². The number of halogens is 1. The topological polar surface area (TPSA) is 81.2 Å². The number of para-hydroxylation sites is 1. The summed E-state index contributed by atoms with van der Waals surface area (Å²) in [5.41, 5.74) is 0.570. The van der Waals surface area contributed by atoms with E-state index in [4.69, 9.17) is 11.6 Å². The molecule has 3 amide bonds. The largest absolute Gasteiger partial charge is 0.396 e. The van der Waals surface area contributed by atoms with Crippen LogP contribution in [0.15, 0.2) is 49.6 Å². The summed E-state index contributed by atoms with van der Waals surface area (Å²) in [5, 5.41) is 9.81. The van der Waals surface area contributed by atoms with E-state index in [-0.39, 0.29) is 42.0 Å². The number of carbonyl (C=O) groups excluding carboxylic acids is 3. The van der Waals surface area contributed by atoms with E-state index in [9.17, 15) is 19.5 Å². The molecule has 7 nitrogen and oxygen atoms in total. The van der Waals surface area contributed by atoms with E-state index in [0.29, 0.717) is 36.6 Å². The minimum absolute atomic E-state index is 0.0120. The number of benzene rings is 1. The second-order valence-electron chi connectivity index (χ2n) is 10.2. The average molecular weight is 546 g/mol. The number of likely N-dealkylation sites (N-methyl/N-ethyl adjacent to an activating group) is 1. The molecule has 9 heteroatoms. The average Bonchev–Trinajstić information content (AvgIpc) is 3.46. The highest BCUT2D eigenvalue weighted by Gasteiger charge is 2.76. The first-order chi connectivity index (χ1) is 17.7. The number of likely N-dealkylation sites (tertiary alicyclic amines) is 1. The van der Waals surface area contributed by atoms with Crippen LogP contribution < -0.4 is 4.90 Å². The lowest BCUT2D eigenvalue weighted by Gasteiger charge is -2.41. The third kappa shape index (κ3) is 4.51. The Kier molecular flexibility index (Phi) is 8.41. The zero-order valence-corrected chi connectivity index (χ0v) is 23.1. The number of amides is 3. The van der Waals surface area contributed by atoms with Crippen LogP contribution in [0.5, 0.6) is 0 Å². The second kappa shape index (κ2) is 11.2. The van der Waals surface area contributed by atoms with E-state index in [1.54, 1.807) is 57.8 Å². The lowest BCUT2D eigenvalue weighted by atomic mass is 9.65. The fourth-order valence-corrected chi connectivity index (χ4v) is 9.15. The van der Waals surface area contributed by atoms with Gasteiger partial charge < -0.3 is 19.8 Å². The van der Waals surface area contributed by atoms with Gasteiger partial charge in [0, 0.05) is 38.5 Å². The number of nitrogens with zero attached hydrogens (tertiary/aromatic N) is 3. The molecule has 0 aromatic heterocycles. The Morgan fingerprint density at radius 1 is 1.22 bits per heavy atom. The molecule has 0 saturated carbocycles. The van der Waals surface area contributed by atoms with Gasteiger partial charge in [0.15, 0.2) is 0 Å². The molecule has 37 heavy (non-hydrogen) atoms. The van der Waals surface area contributed by atoms with Crippen molar-refractivity contribution in [1.29, 1.82) is 0 Å². The van der Waals surface area contributed by atoms with Gasteiger partial charge in [-0.1, -0.05) is 42.8 Å². The van der Waals surface area contributed by atoms with Crippen molar-refractivity contribution in [3.63, 3.8) is 0 Å². The quantitative estimate of drug-likeness (QED) is 0.339. The van der Waals surface area contributed by atoms with Gasteiger partial charge in [-0.2, -0.15) is 0 Å². The third-order valence-electron chi connectivity index (χ3n) is 8.07. The molecule has 6 atom stereocenters. The molecular weight excluding hydrogens is 510 g/mol. The number of hydrogen-bond donors (Lipinski definition) is 1. The van der Waals surface area contributed by atoms with Crippen molar-refractivity contribution in [2.45, 2.75) is 42.2 Å². The van der Waals surface area contributed by atoms with Crippen LogP contribution in [0, 0.1) is 17.8 Å². The van der Waals surface area contributed by atoms with Gasteiger partial charge in [-0.25, -0.2) is 0 Å². The van der Waals surface area contributed by atoms with Crippen LogP contribution >= 0.6 is 23.4 Å². The zero-order chi connectivity index (χ0) is 26.9. The van der Waals surface area contributed by atoms with E-state index in [2.05, 4.69) is 20.1 Å². The summed E-state index contributed by atoms with van der Waals surface area (Å²) in [6, 6.07) is 6.43. The molecule has 4 rings (SSSR count). The number of fused-ring (bicyclic) bond motifs is 1. The van der Waals surface area contributed by atoms with Gasteiger partial charge in [0.05, 0.1) is 27.3 Å². The lowest BCUT2D eigenvalue weighted by molar-refractivity contribution is -0.143. The molecule has 1 spiro atoms. The smallest absolute Gasteiger partial charge is 0.251 e. The molecule has 0 radical (unpaired) electrons. The van der Waals surface area contributed by atoms with E-state index in [1.807, 2.05) is 12.1 Å². The molecule has 3 heterocycles. The maximum Gasteiger partial charge on any atom is 0.251 e. The summed E-state index contributed by atoms with van der Waals surface area (Å²) in [6.07, 6.45) is 5.20. The molecule has 200 valence electrons. The number of hydrogen-bond acceptors (Lipinski definition) is 5. The Hall–Kier alpha value is -2.29. The van der Waals surface area contributed by atoms with Gasteiger partial charge >= 0.3 is 0 Å². The fourth-order valence-electron chi connectivity index (χ4n) is 6.51. The predicted molar refractivity (Wildman–Crippen MR) is 149 cm³/mol. The number of anilines is 1. The van der Waals surface area contributed by atoms with E-state index >= 15 is 0 Å². The monoisotopic (exact) mass is 545 g/mol. The van der Waals surface area contributed by atoms with Gasteiger partial charge in [0.1, 0.15) is 6.04 Å². The summed E-state index contributed by atoms with van der Waals surface area (Å²) in [5.74, 6) is -1.40. The fraction of sp³-hybridized carbons (Fsp3) is 0.536. The van der Waals surface area contributed by atoms with Gasteiger partial charge in [-0.3, -0.25) is 14.4 Å². The molecule has 1 aromatic rings. The van der Waals surface area contributed by atoms with Gasteiger partial charge in [0.2, 0.25) is 11.8 Å². The molecule has 2 bridgehead atoms. The molecule has 0 aliphatic carbocycles. The highest BCUT2D eigenvalue weighted by Crippen LogP contribution is 2.69. The van der Waals surface area contributed by atoms with E-state index in [1.165, 1.54) is 0 Å². The van der Waals surface area contributed by atoms with Crippen molar-refractivity contribution in [2.75, 3.05) is 38.2 Å². The van der Waals surface area contributed by atoms with Crippen LogP contribution in [-0.4, -0.2) is 82.0 Å². The number of rotatable bonds is 11. The predicted octanol–water partition coefficient (Wildman–Crippen LogP) is 3.61. The molecule has 1 aromatic carbocycles. The van der Waals surface area contributed by atoms with Crippen molar-refractivity contribution in [3.8, 4) is 0 Å². The maximum atomic E-state index is 14.5. The van der Waals surface area contributed by atoms with Gasteiger partial charge in [-0.05, 0) is 37.3 Å². The minimum atomic E-state index is -0.743. The highest BCUT2D eigenvalue weighted by atomic mass is 35.5. The SMILES string of the molecule is C=CCN(C)C(=O)[C@@H]1[C@@H]2CC(C)C3(S2)C(C(=O)N(CC=C)c2ccccc2Cl)N(CCCCO)C(=O)[C@H]13. The first-order valence-electron chi connectivity index (χ1n) is 12.9.